The topological polar surface area (TPSA) is 61.4 Å². The predicted molar refractivity (Wildman–Crippen MR) is 74.2 cm³/mol. The van der Waals surface area contributed by atoms with E-state index in [-0.39, 0.29) is 17.7 Å². The molecular weight excluding hydrogens is 331 g/mol. The first-order chi connectivity index (χ1) is 8.16. The van der Waals surface area contributed by atoms with E-state index in [2.05, 4.69) is 10.6 Å². The van der Waals surface area contributed by atoms with E-state index >= 15 is 0 Å². The van der Waals surface area contributed by atoms with Crippen LogP contribution in [0.15, 0.2) is 18.2 Å². The Kier molecular flexibility index (Phi) is 4.22. The number of benzene rings is 1. The van der Waals surface area contributed by atoms with Gasteiger partial charge in [-0.2, -0.15) is 0 Å². The molecule has 0 aliphatic carbocycles. The van der Waals surface area contributed by atoms with E-state index < -0.39 is 0 Å². The van der Waals surface area contributed by atoms with Crippen LogP contribution in [-0.4, -0.2) is 30.1 Å². The summed E-state index contributed by atoms with van der Waals surface area (Å²) in [6.07, 6.45) is 2.10. The van der Waals surface area contributed by atoms with Gasteiger partial charge in [-0.05, 0) is 60.2 Å². The molecule has 4 nitrogen and oxygen atoms in total. The number of halogens is 1. The molecule has 5 heteroatoms. The molecule has 17 heavy (non-hydrogen) atoms. The molecule has 1 atom stereocenters. The van der Waals surface area contributed by atoms with E-state index in [1.807, 2.05) is 22.6 Å². The summed E-state index contributed by atoms with van der Waals surface area (Å²) in [6.45, 7) is 1.85. The van der Waals surface area contributed by atoms with Crippen LogP contribution in [0.25, 0.3) is 0 Å². The molecule has 0 saturated carbocycles. The second-order valence-electron chi connectivity index (χ2n) is 4.18. The third-order valence-corrected chi connectivity index (χ3v) is 3.75. The summed E-state index contributed by atoms with van der Waals surface area (Å²) in [4.78, 5) is 11.9. The number of rotatable bonds is 2. The summed E-state index contributed by atoms with van der Waals surface area (Å²) in [6, 6.07) is 5.17. The molecule has 1 aromatic rings. The Bertz CT molecular complexity index is 417. The largest absolute Gasteiger partial charge is 0.507 e. The van der Waals surface area contributed by atoms with Crippen LogP contribution < -0.4 is 10.6 Å². The van der Waals surface area contributed by atoms with Gasteiger partial charge in [-0.1, -0.05) is 0 Å². The zero-order chi connectivity index (χ0) is 12.3. The minimum atomic E-state index is -0.120. The van der Waals surface area contributed by atoms with Crippen molar-refractivity contribution in [2.75, 3.05) is 13.1 Å². The average Bonchev–Trinajstić information content (AvgIpc) is 2.34. The summed E-state index contributed by atoms with van der Waals surface area (Å²) in [7, 11) is 0. The Morgan fingerprint density at radius 2 is 2.35 bits per heavy atom. The number of hydrogen-bond acceptors (Lipinski definition) is 3. The highest BCUT2D eigenvalue weighted by molar-refractivity contribution is 14.1. The van der Waals surface area contributed by atoms with Gasteiger partial charge in [-0.25, -0.2) is 0 Å². The molecule has 3 N–H and O–H groups in total. The fourth-order valence-electron chi connectivity index (χ4n) is 1.90. The smallest absolute Gasteiger partial charge is 0.251 e. The van der Waals surface area contributed by atoms with Crippen molar-refractivity contribution in [3.8, 4) is 5.75 Å². The highest BCUT2D eigenvalue weighted by Crippen LogP contribution is 2.20. The van der Waals surface area contributed by atoms with Gasteiger partial charge in [0, 0.05) is 18.2 Å². The predicted octanol–water partition coefficient (Wildman–Crippen LogP) is 1.48. The van der Waals surface area contributed by atoms with Crippen molar-refractivity contribution < 1.29 is 9.90 Å². The van der Waals surface area contributed by atoms with Crippen LogP contribution in [0, 0.1) is 3.57 Å². The van der Waals surface area contributed by atoms with Gasteiger partial charge in [0.1, 0.15) is 5.75 Å². The lowest BCUT2D eigenvalue weighted by Gasteiger charge is -2.23. The maximum atomic E-state index is 11.9. The number of carbonyl (C=O) groups is 1. The van der Waals surface area contributed by atoms with E-state index in [1.54, 1.807) is 12.1 Å². The fraction of sp³-hybridized carbons (Fsp3) is 0.417. The molecule has 2 rings (SSSR count). The molecule has 0 spiro atoms. The second kappa shape index (κ2) is 5.68. The fourth-order valence-corrected chi connectivity index (χ4v) is 2.23. The molecule has 1 amide bonds. The molecule has 1 heterocycles. The number of nitrogens with one attached hydrogen (secondary N) is 2. The maximum Gasteiger partial charge on any atom is 0.251 e. The number of phenolic OH excluding ortho intramolecular Hbond substituents is 1. The first-order valence-corrected chi connectivity index (χ1v) is 6.75. The quantitative estimate of drug-likeness (QED) is 0.711. The summed E-state index contributed by atoms with van der Waals surface area (Å²) in [5.41, 5.74) is 0.508. The second-order valence-corrected chi connectivity index (χ2v) is 5.35. The lowest BCUT2D eigenvalue weighted by molar-refractivity contribution is 0.0930. The van der Waals surface area contributed by atoms with E-state index in [0.29, 0.717) is 5.56 Å². The van der Waals surface area contributed by atoms with Crippen LogP contribution in [0.2, 0.25) is 0 Å². The number of aromatic hydroxyl groups is 1. The molecule has 0 bridgehead atoms. The molecule has 1 aromatic carbocycles. The Hall–Kier alpha value is -0.820. The molecule has 0 radical (unpaired) electrons. The number of phenols is 1. The number of hydrogen-bond donors (Lipinski definition) is 3. The number of carbonyl (C=O) groups excluding carboxylic acids is 1. The van der Waals surface area contributed by atoms with Crippen molar-refractivity contribution in [3.63, 3.8) is 0 Å². The van der Waals surface area contributed by atoms with Crippen molar-refractivity contribution >= 4 is 28.5 Å². The van der Waals surface area contributed by atoms with Crippen LogP contribution in [0.5, 0.6) is 5.75 Å². The van der Waals surface area contributed by atoms with Crippen molar-refractivity contribution in [3.05, 3.63) is 27.3 Å². The Balaban J connectivity index is 2.01. The number of piperidine rings is 1. The van der Waals surface area contributed by atoms with Crippen molar-refractivity contribution in [2.24, 2.45) is 0 Å². The molecule has 0 unspecified atom stereocenters. The minimum Gasteiger partial charge on any atom is -0.507 e. The lowest BCUT2D eigenvalue weighted by Crippen LogP contribution is -2.45. The molecular formula is C12H15IN2O2. The molecule has 92 valence electrons. The average molecular weight is 346 g/mol. The third kappa shape index (κ3) is 3.32. The van der Waals surface area contributed by atoms with E-state index in [9.17, 15) is 9.90 Å². The summed E-state index contributed by atoms with van der Waals surface area (Å²) >= 11 is 2.03. The van der Waals surface area contributed by atoms with Crippen molar-refractivity contribution in [2.45, 2.75) is 18.9 Å². The molecule has 1 aliphatic heterocycles. The van der Waals surface area contributed by atoms with Crippen LogP contribution in [0.3, 0.4) is 0 Å². The standard InChI is InChI=1S/C12H15IN2O2/c13-10-4-3-8(6-11(10)16)12(17)15-9-2-1-5-14-7-9/h3-4,6,9,14,16H,1-2,5,7H2,(H,15,17)/t9-/m0/s1. The van der Waals surface area contributed by atoms with Gasteiger partial charge < -0.3 is 15.7 Å². The SMILES string of the molecule is O=C(N[C@H]1CCCNC1)c1ccc(I)c(O)c1. The monoisotopic (exact) mass is 346 g/mol. The van der Waals surface area contributed by atoms with Crippen LogP contribution >= 0.6 is 22.6 Å². The summed E-state index contributed by atoms with van der Waals surface area (Å²) < 4.78 is 0.749. The highest BCUT2D eigenvalue weighted by atomic mass is 127. The van der Waals surface area contributed by atoms with E-state index in [1.165, 1.54) is 6.07 Å². The molecule has 1 saturated heterocycles. The third-order valence-electron chi connectivity index (χ3n) is 2.84. The zero-order valence-corrected chi connectivity index (χ0v) is 11.5. The van der Waals surface area contributed by atoms with Gasteiger partial charge in [0.05, 0.1) is 3.57 Å². The van der Waals surface area contributed by atoms with Gasteiger partial charge in [-0.15, -0.1) is 0 Å². The van der Waals surface area contributed by atoms with Gasteiger partial charge in [0.25, 0.3) is 5.91 Å². The van der Waals surface area contributed by atoms with Gasteiger partial charge >= 0.3 is 0 Å². The summed E-state index contributed by atoms with van der Waals surface area (Å²) in [5.74, 6) is 0.0328. The normalized spacial score (nSPS) is 19.9. The Labute approximate surface area is 114 Å². The van der Waals surface area contributed by atoms with Gasteiger partial charge in [0.15, 0.2) is 0 Å². The van der Waals surface area contributed by atoms with E-state index in [4.69, 9.17) is 0 Å². The minimum absolute atomic E-state index is 0.120. The zero-order valence-electron chi connectivity index (χ0n) is 9.37. The van der Waals surface area contributed by atoms with Crippen LogP contribution in [0.1, 0.15) is 23.2 Å². The van der Waals surface area contributed by atoms with Crippen LogP contribution in [0.4, 0.5) is 0 Å². The first-order valence-electron chi connectivity index (χ1n) is 5.67. The van der Waals surface area contributed by atoms with Gasteiger partial charge in [0.2, 0.25) is 0 Å². The lowest BCUT2D eigenvalue weighted by atomic mass is 10.1. The Morgan fingerprint density at radius 3 is 3.00 bits per heavy atom. The molecule has 1 aliphatic rings. The Morgan fingerprint density at radius 1 is 1.53 bits per heavy atom. The first kappa shape index (κ1) is 12.6. The van der Waals surface area contributed by atoms with Crippen molar-refractivity contribution in [1.82, 2.24) is 10.6 Å². The summed E-state index contributed by atoms with van der Waals surface area (Å²) in [5, 5.41) is 15.8. The number of amides is 1. The molecule has 1 fully saturated rings. The molecule has 0 aromatic heterocycles. The van der Waals surface area contributed by atoms with Crippen molar-refractivity contribution in [1.29, 1.82) is 0 Å². The maximum absolute atomic E-state index is 11.9. The van der Waals surface area contributed by atoms with Crippen LogP contribution in [-0.2, 0) is 0 Å². The van der Waals surface area contributed by atoms with E-state index in [0.717, 1.165) is 29.5 Å². The highest BCUT2D eigenvalue weighted by Gasteiger charge is 2.16. The van der Waals surface area contributed by atoms with Gasteiger partial charge in [-0.3, -0.25) is 4.79 Å².